The number of fused-ring (bicyclic) bond motifs is 1. The fourth-order valence-electron chi connectivity index (χ4n) is 2.57. The zero-order valence-electron chi connectivity index (χ0n) is 13.8. The highest BCUT2D eigenvalue weighted by atomic mass is 19.4. The molecule has 0 unspecified atom stereocenters. The number of para-hydroxylation sites is 2. The Morgan fingerprint density at radius 1 is 1.04 bits per heavy atom. The Morgan fingerprint density at radius 3 is 2.50 bits per heavy atom. The second-order valence-electron chi connectivity index (χ2n) is 5.71. The molecule has 1 amide bonds. The molecule has 3 aromatic rings. The second-order valence-corrected chi connectivity index (χ2v) is 5.71. The molecule has 0 saturated heterocycles. The monoisotopic (exact) mass is 360 g/mol. The van der Waals surface area contributed by atoms with E-state index in [0.29, 0.717) is 5.52 Å². The molecule has 0 aliphatic heterocycles. The predicted molar refractivity (Wildman–Crippen MR) is 90.7 cm³/mol. The molecule has 0 bridgehead atoms. The molecule has 1 aromatic heterocycles. The highest BCUT2D eigenvalue weighted by Gasteiger charge is 2.32. The van der Waals surface area contributed by atoms with Crippen LogP contribution >= 0.6 is 0 Å². The number of carbonyl (C=O) groups excluding carboxylic acids is 1. The van der Waals surface area contributed by atoms with Gasteiger partial charge in [-0.05, 0) is 18.2 Å². The standard InChI is InChI=1S/C19H15F3N2O2/c1-24(12-14-7-3-5-9-17(14)26-19(20,21)22)18(25)16-11-10-13-6-2-4-8-15(13)23-16/h2-11H,12H2,1H3. The molecule has 4 nitrogen and oxygen atoms in total. The van der Waals surface area contributed by atoms with Gasteiger partial charge in [-0.3, -0.25) is 4.79 Å². The molecule has 0 fully saturated rings. The van der Waals surface area contributed by atoms with Gasteiger partial charge in [-0.15, -0.1) is 13.2 Å². The van der Waals surface area contributed by atoms with Gasteiger partial charge in [-0.2, -0.15) is 0 Å². The Morgan fingerprint density at radius 2 is 1.73 bits per heavy atom. The molecular formula is C19H15F3N2O2. The molecule has 3 rings (SSSR count). The first-order chi connectivity index (χ1) is 12.3. The van der Waals surface area contributed by atoms with Crippen LogP contribution in [0, 0.1) is 0 Å². The van der Waals surface area contributed by atoms with E-state index in [2.05, 4.69) is 9.72 Å². The van der Waals surface area contributed by atoms with Gasteiger partial charge < -0.3 is 9.64 Å². The number of halogens is 3. The number of aromatic nitrogens is 1. The van der Waals surface area contributed by atoms with Crippen molar-refractivity contribution in [1.82, 2.24) is 9.88 Å². The van der Waals surface area contributed by atoms with Crippen LogP contribution in [-0.2, 0) is 6.54 Å². The SMILES string of the molecule is CN(Cc1ccccc1OC(F)(F)F)C(=O)c1ccc2ccccc2n1. The Balaban J connectivity index is 1.81. The van der Waals surface area contributed by atoms with Gasteiger partial charge in [-0.1, -0.05) is 42.5 Å². The lowest BCUT2D eigenvalue weighted by molar-refractivity contribution is -0.275. The summed E-state index contributed by atoms with van der Waals surface area (Å²) in [6.45, 7) is -0.0421. The van der Waals surface area contributed by atoms with Crippen LogP contribution in [0.2, 0.25) is 0 Å². The van der Waals surface area contributed by atoms with E-state index >= 15 is 0 Å². The van der Waals surface area contributed by atoms with Crippen LogP contribution in [0.4, 0.5) is 13.2 Å². The lowest BCUT2D eigenvalue weighted by atomic mass is 10.1. The van der Waals surface area contributed by atoms with E-state index in [4.69, 9.17) is 0 Å². The van der Waals surface area contributed by atoms with E-state index in [9.17, 15) is 18.0 Å². The summed E-state index contributed by atoms with van der Waals surface area (Å²) in [5, 5.41) is 0.899. The number of rotatable bonds is 4. The number of benzene rings is 2. The minimum atomic E-state index is -4.79. The largest absolute Gasteiger partial charge is 0.573 e. The second kappa shape index (κ2) is 7.03. The van der Waals surface area contributed by atoms with Gasteiger partial charge in [0.2, 0.25) is 0 Å². The zero-order chi connectivity index (χ0) is 18.7. The molecule has 1 heterocycles. The van der Waals surface area contributed by atoms with Crippen molar-refractivity contribution < 1.29 is 22.7 Å². The van der Waals surface area contributed by atoms with Gasteiger partial charge in [0.1, 0.15) is 11.4 Å². The fraction of sp³-hybridized carbons (Fsp3) is 0.158. The minimum Gasteiger partial charge on any atom is -0.405 e. The van der Waals surface area contributed by atoms with Crippen LogP contribution in [0.5, 0.6) is 5.75 Å². The number of alkyl halides is 3. The Bertz CT molecular complexity index is 941. The zero-order valence-corrected chi connectivity index (χ0v) is 13.8. The maximum atomic E-state index is 12.6. The van der Waals surface area contributed by atoms with E-state index in [1.807, 2.05) is 18.2 Å². The Kier molecular flexibility index (Phi) is 4.79. The summed E-state index contributed by atoms with van der Waals surface area (Å²) in [6, 6.07) is 16.5. The van der Waals surface area contributed by atoms with Gasteiger partial charge in [0, 0.05) is 24.5 Å². The first-order valence-corrected chi connectivity index (χ1v) is 7.78. The summed E-state index contributed by atoms with van der Waals surface area (Å²) in [6.07, 6.45) is -4.79. The third kappa shape index (κ3) is 4.11. The maximum absolute atomic E-state index is 12.6. The molecule has 26 heavy (non-hydrogen) atoms. The van der Waals surface area contributed by atoms with Crippen LogP contribution in [0.25, 0.3) is 10.9 Å². The third-order valence-corrected chi connectivity index (χ3v) is 3.77. The first kappa shape index (κ1) is 17.7. The van der Waals surface area contributed by atoms with Crippen molar-refractivity contribution in [3.05, 3.63) is 71.9 Å². The van der Waals surface area contributed by atoms with Gasteiger partial charge >= 0.3 is 6.36 Å². The van der Waals surface area contributed by atoms with E-state index < -0.39 is 12.3 Å². The van der Waals surface area contributed by atoms with Gasteiger partial charge in [0.15, 0.2) is 0 Å². The average Bonchev–Trinajstić information content (AvgIpc) is 2.61. The van der Waals surface area contributed by atoms with E-state index in [1.165, 1.54) is 30.1 Å². The summed E-state index contributed by atoms with van der Waals surface area (Å²) in [4.78, 5) is 18.2. The number of carbonyl (C=O) groups is 1. The molecule has 0 atom stereocenters. The smallest absolute Gasteiger partial charge is 0.405 e. The molecule has 7 heteroatoms. The Hall–Kier alpha value is -3.09. The number of ether oxygens (including phenoxy) is 1. The van der Waals surface area contributed by atoms with Gasteiger partial charge in [-0.25, -0.2) is 4.98 Å². The molecular weight excluding hydrogens is 345 g/mol. The number of hydrogen-bond acceptors (Lipinski definition) is 3. The molecule has 0 aliphatic rings. The lowest BCUT2D eigenvalue weighted by Crippen LogP contribution is -2.27. The van der Waals surface area contributed by atoms with Crippen LogP contribution in [0.15, 0.2) is 60.7 Å². The summed E-state index contributed by atoms with van der Waals surface area (Å²) < 4.78 is 41.6. The normalized spacial score (nSPS) is 11.4. The molecule has 134 valence electrons. The van der Waals surface area contributed by atoms with Crippen LogP contribution in [0.3, 0.4) is 0 Å². The highest BCUT2D eigenvalue weighted by molar-refractivity contribution is 5.94. The quantitative estimate of drug-likeness (QED) is 0.692. The van der Waals surface area contributed by atoms with E-state index in [0.717, 1.165) is 5.39 Å². The molecule has 0 radical (unpaired) electrons. The topological polar surface area (TPSA) is 42.4 Å². The molecule has 0 aliphatic carbocycles. The number of amides is 1. The minimum absolute atomic E-state index is 0.0421. The summed E-state index contributed by atoms with van der Waals surface area (Å²) in [5.74, 6) is -0.719. The predicted octanol–water partition coefficient (Wildman–Crippen LogP) is 4.41. The molecule has 0 spiro atoms. The van der Waals surface area contributed by atoms with Crippen molar-refractivity contribution in [3.8, 4) is 5.75 Å². The van der Waals surface area contributed by atoms with Crippen molar-refractivity contribution in [2.45, 2.75) is 12.9 Å². The molecule has 0 saturated carbocycles. The maximum Gasteiger partial charge on any atom is 0.573 e. The van der Waals surface area contributed by atoms with Gasteiger partial charge in [0.05, 0.1) is 5.52 Å². The Labute approximate surface area is 147 Å². The highest BCUT2D eigenvalue weighted by Crippen LogP contribution is 2.27. The van der Waals surface area contributed by atoms with Crippen molar-refractivity contribution in [1.29, 1.82) is 0 Å². The lowest BCUT2D eigenvalue weighted by Gasteiger charge is -2.19. The third-order valence-electron chi connectivity index (χ3n) is 3.77. The summed E-state index contributed by atoms with van der Waals surface area (Å²) >= 11 is 0. The number of nitrogens with zero attached hydrogens (tertiary/aromatic N) is 2. The molecule has 0 N–H and O–H groups in total. The number of pyridine rings is 1. The van der Waals surface area contributed by atoms with E-state index in [1.54, 1.807) is 24.3 Å². The van der Waals surface area contributed by atoms with Crippen LogP contribution < -0.4 is 4.74 Å². The van der Waals surface area contributed by atoms with E-state index in [-0.39, 0.29) is 23.6 Å². The van der Waals surface area contributed by atoms with Crippen LogP contribution in [-0.4, -0.2) is 29.2 Å². The summed E-state index contributed by atoms with van der Waals surface area (Å²) in [7, 11) is 1.50. The molecule has 2 aromatic carbocycles. The van der Waals surface area contributed by atoms with Gasteiger partial charge in [0.25, 0.3) is 5.91 Å². The fourth-order valence-corrected chi connectivity index (χ4v) is 2.57. The van der Waals surface area contributed by atoms with Crippen molar-refractivity contribution >= 4 is 16.8 Å². The first-order valence-electron chi connectivity index (χ1n) is 7.78. The summed E-state index contributed by atoms with van der Waals surface area (Å²) in [5.41, 5.74) is 1.15. The average molecular weight is 360 g/mol. The van der Waals surface area contributed by atoms with Crippen molar-refractivity contribution in [3.63, 3.8) is 0 Å². The van der Waals surface area contributed by atoms with Crippen LogP contribution in [0.1, 0.15) is 16.1 Å². The van der Waals surface area contributed by atoms with Crippen molar-refractivity contribution in [2.24, 2.45) is 0 Å². The van der Waals surface area contributed by atoms with Crippen molar-refractivity contribution in [2.75, 3.05) is 7.05 Å². The number of hydrogen-bond donors (Lipinski definition) is 0.